The van der Waals surface area contributed by atoms with Gasteiger partial charge in [-0.2, -0.15) is 0 Å². The van der Waals surface area contributed by atoms with Gasteiger partial charge in [0.05, 0.1) is 12.2 Å². The van der Waals surface area contributed by atoms with Crippen LogP contribution in [0.15, 0.2) is 47.8 Å². The van der Waals surface area contributed by atoms with Gasteiger partial charge in [0.25, 0.3) is 5.91 Å². The fourth-order valence-corrected chi connectivity index (χ4v) is 3.46. The van der Waals surface area contributed by atoms with Crippen LogP contribution in [0, 0.1) is 20.8 Å². The molecule has 0 bridgehead atoms. The first-order valence-electron chi connectivity index (χ1n) is 8.59. The standard InChI is InChI=1S/C21H21N3O2S/c1-13-4-6-16(7-5-13)18-12-27-21(23-18)24-19(25)11-22-20(26)17-9-14(2)8-15(3)10-17/h4-10,12H,11H2,1-3H3,(H,22,26)(H,23,24,25). The lowest BCUT2D eigenvalue weighted by atomic mass is 10.1. The van der Waals surface area contributed by atoms with Crippen molar-refractivity contribution in [2.24, 2.45) is 0 Å². The number of aryl methyl sites for hydroxylation is 3. The summed E-state index contributed by atoms with van der Waals surface area (Å²) in [4.78, 5) is 28.8. The molecule has 2 N–H and O–H groups in total. The Morgan fingerprint density at radius 2 is 1.63 bits per heavy atom. The zero-order valence-electron chi connectivity index (χ0n) is 15.5. The molecule has 0 radical (unpaired) electrons. The number of aromatic nitrogens is 1. The number of rotatable bonds is 5. The van der Waals surface area contributed by atoms with Crippen LogP contribution < -0.4 is 10.6 Å². The van der Waals surface area contributed by atoms with Crippen molar-refractivity contribution < 1.29 is 9.59 Å². The number of benzene rings is 2. The van der Waals surface area contributed by atoms with E-state index in [4.69, 9.17) is 0 Å². The number of hydrogen-bond donors (Lipinski definition) is 2. The highest BCUT2D eigenvalue weighted by Crippen LogP contribution is 2.25. The summed E-state index contributed by atoms with van der Waals surface area (Å²) in [6, 6.07) is 13.6. The second-order valence-electron chi connectivity index (χ2n) is 6.51. The van der Waals surface area contributed by atoms with E-state index in [1.165, 1.54) is 16.9 Å². The maximum absolute atomic E-state index is 12.2. The molecule has 0 saturated heterocycles. The first-order chi connectivity index (χ1) is 12.9. The minimum absolute atomic E-state index is 0.106. The molecule has 138 valence electrons. The SMILES string of the molecule is Cc1ccc(-c2csc(NC(=O)CNC(=O)c3cc(C)cc(C)c3)n2)cc1. The maximum atomic E-state index is 12.2. The van der Waals surface area contributed by atoms with Crippen molar-refractivity contribution in [3.05, 3.63) is 70.1 Å². The molecule has 3 aromatic rings. The number of hydrogen-bond acceptors (Lipinski definition) is 4. The molecule has 0 aliphatic rings. The van der Waals surface area contributed by atoms with Crippen LogP contribution in [0.3, 0.4) is 0 Å². The van der Waals surface area contributed by atoms with Crippen molar-refractivity contribution in [2.45, 2.75) is 20.8 Å². The van der Waals surface area contributed by atoms with E-state index in [1.807, 2.05) is 56.5 Å². The molecule has 0 atom stereocenters. The highest BCUT2D eigenvalue weighted by molar-refractivity contribution is 7.14. The number of nitrogens with one attached hydrogen (secondary N) is 2. The molecule has 5 nitrogen and oxygen atoms in total. The average Bonchev–Trinajstić information content (AvgIpc) is 3.08. The Kier molecular flexibility index (Phi) is 5.66. The maximum Gasteiger partial charge on any atom is 0.251 e. The number of anilines is 1. The van der Waals surface area contributed by atoms with Gasteiger partial charge in [0.1, 0.15) is 0 Å². The largest absolute Gasteiger partial charge is 0.343 e. The van der Waals surface area contributed by atoms with Crippen molar-refractivity contribution in [1.82, 2.24) is 10.3 Å². The van der Waals surface area contributed by atoms with E-state index < -0.39 is 0 Å². The van der Waals surface area contributed by atoms with E-state index in [1.54, 1.807) is 12.1 Å². The van der Waals surface area contributed by atoms with Crippen molar-refractivity contribution in [3.8, 4) is 11.3 Å². The van der Waals surface area contributed by atoms with Gasteiger partial charge in [0, 0.05) is 16.5 Å². The molecular formula is C21H21N3O2S. The molecule has 1 heterocycles. The van der Waals surface area contributed by atoms with Crippen LogP contribution >= 0.6 is 11.3 Å². The predicted molar refractivity (Wildman–Crippen MR) is 109 cm³/mol. The van der Waals surface area contributed by atoms with Crippen LogP contribution in [0.1, 0.15) is 27.0 Å². The minimum Gasteiger partial charge on any atom is -0.343 e. The first-order valence-corrected chi connectivity index (χ1v) is 9.47. The molecule has 6 heteroatoms. The van der Waals surface area contributed by atoms with Gasteiger partial charge in [0.15, 0.2) is 5.13 Å². The van der Waals surface area contributed by atoms with Crippen molar-refractivity contribution in [3.63, 3.8) is 0 Å². The Bertz CT molecular complexity index is 957. The second-order valence-corrected chi connectivity index (χ2v) is 7.37. The Morgan fingerprint density at radius 3 is 2.30 bits per heavy atom. The van der Waals surface area contributed by atoms with Gasteiger partial charge in [-0.3, -0.25) is 9.59 Å². The zero-order chi connectivity index (χ0) is 19.4. The quantitative estimate of drug-likeness (QED) is 0.701. The first kappa shape index (κ1) is 18.8. The third kappa shape index (κ3) is 5.01. The molecule has 0 aliphatic heterocycles. The molecule has 1 aromatic heterocycles. The lowest BCUT2D eigenvalue weighted by molar-refractivity contribution is -0.115. The van der Waals surface area contributed by atoms with Crippen LogP contribution in [0.5, 0.6) is 0 Å². The van der Waals surface area contributed by atoms with E-state index >= 15 is 0 Å². The van der Waals surface area contributed by atoms with Gasteiger partial charge in [-0.25, -0.2) is 4.98 Å². The normalized spacial score (nSPS) is 10.5. The van der Waals surface area contributed by atoms with Gasteiger partial charge in [-0.15, -0.1) is 11.3 Å². The van der Waals surface area contributed by atoms with E-state index in [0.717, 1.165) is 22.4 Å². The lowest BCUT2D eigenvalue weighted by Crippen LogP contribution is -2.32. The fraction of sp³-hybridized carbons (Fsp3) is 0.190. The monoisotopic (exact) mass is 379 g/mol. The third-order valence-corrected chi connectivity index (χ3v) is 4.75. The van der Waals surface area contributed by atoms with Crippen LogP contribution in [-0.4, -0.2) is 23.3 Å². The van der Waals surface area contributed by atoms with Crippen LogP contribution in [-0.2, 0) is 4.79 Å². The molecule has 2 aromatic carbocycles. The number of carbonyl (C=O) groups is 2. The minimum atomic E-state index is -0.308. The summed E-state index contributed by atoms with van der Waals surface area (Å²) in [6.07, 6.45) is 0. The predicted octanol–water partition coefficient (Wildman–Crippen LogP) is 4.10. The van der Waals surface area contributed by atoms with Gasteiger partial charge in [-0.1, -0.05) is 47.0 Å². The van der Waals surface area contributed by atoms with Gasteiger partial charge >= 0.3 is 0 Å². The summed E-state index contributed by atoms with van der Waals surface area (Å²) in [5.41, 5.74) is 5.57. The van der Waals surface area contributed by atoms with E-state index in [0.29, 0.717) is 10.7 Å². The number of amides is 2. The second kappa shape index (κ2) is 8.14. The summed E-state index contributed by atoms with van der Waals surface area (Å²) >= 11 is 1.36. The highest BCUT2D eigenvalue weighted by Gasteiger charge is 2.11. The topological polar surface area (TPSA) is 71.1 Å². The van der Waals surface area contributed by atoms with Crippen molar-refractivity contribution in [2.75, 3.05) is 11.9 Å². The van der Waals surface area contributed by atoms with E-state index in [-0.39, 0.29) is 18.4 Å². The van der Waals surface area contributed by atoms with Gasteiger partial charge < -0.3 is 10.6 Å². The molecule has 2 amide bonds. The van der Waals surface area contributed by atoms with E-state index in [2.05, 4.69) is 15.6 Å². The summed E-state index contributed by atoms with van der Waals surface area (Å²) in [7, 11) is 0. The number of nitrogens with zero attached hydrogens (tertiary/aromatic N) is 1. The van der Waals surface area contributed by atoms with Crippen LogP contribution in [0.4, 0.5) is 5.13 Å². The van der Waals surface area contributed by atoms with E-state index in [9.17, 15) is 9.59 Å². The summed E-state index contributed by atoms with van der Waals surface area (Å²) in [5.74, 6) is -0.575. The van der Waals surface area contributed by atoms with Crippen LogP contribution in [0.25, 0.3) is 11.3 Å². The van der Waals surface area contributed by atoms with Crippen LogP contribution in [0.2, 0.25) is 0 Å². The summed E-state index contributed by atoms with van der Waals surface area (Å²) < 4.78 is 0. The summed E-state index contributed by atoms with van der Waals surface area (Å²) in [5, 5.41) is 7.78. The molecule has 27 heavy (non-hydrogen) atoms. The molecule has 0 unspecified atom stereocenters. The number of carbonyl (C=O) groups excluding carboxylic acids is 2. The van der Waals surface area contributed by atoms with Gasteiger partial charge in [-0.05, 0) is 32.9 Å². The Balaban J connectivity index is 1.56. The van der Waals surface area contributed by atoms with Crippen molar-refractivity contribution in [1.29, 1.82) is 0 Å². The average molecular weight is 379 g/mol. The Hall–Kier alpha value is -2.99. The lowest BCUT2D eigenvalue weighted by Gasteiger charge is -2.07. The smallest absolute Gasteiger partial charge is 0.251 e. The Labute approximate surface area is 162 Å². The number of thiazole rings is 1. The summed E-state index contributed by atoms with van der Waals surface area (Å²) in [6.45, 7) is 5.79. The molecule has 0 fully saturated rings. The van der Waals surface area contributed by atoms with Crippen molar-refractivity contribution >= 4 is 28.3 Å². The van der Waals surface area contributed by atoms with Gasteiger partial charge in [0.2, 0.25) is 5.91 Å². The molecule has 0 saturated carbocycles. The third-order valence-electron chi connectivity index (χ3n) is 3.99. The molecular weight excluding hydrogens is 358 g/mol. The molecule has 3 rings (SSSR count). The zero-order valence-corrected chi connectivity index (χ0v) is 16.3. The Morgan fingerprint density at radius 1 is 0.963 bits per heavy atom. The highest BCUT2D eigenvalue weighted by atomic mass is 32.1. The molecule has 0 aliphatic carbocycles. The fourth-order valence-electron chi connectivity index (χ4n) is 2.72. The molecule has 0 spiro atoms.